The van der Waals surface area contributed by atoms with Gasteiger partial charge in [-0.25, -0.2) is 8.42 Å². The van der Waals surface area contributed by atoms with Crippen LogP contribution in [0.1, 0.15) is 17.5 Å². The van der Waals surface area contributed by atoms with Crippen LogP contribution in [-0.2, 0) is 30.0 Å². The average molecular weight is 606 g/mol. The van der Waals surface area contributed by atoms with Gasteiger partial charge in [0.15, 0.2) is 33.1 Å². The first kappa shape index (κ1) is 27.3. The van der Waals surface area contributed by atoms with Crippen LogP contribution >= 0.6 is 15.9 Å². The van der Waals surface area contributed by atoms with E-state index in [-0.39, 0.29) is 0 Å². The summed E-state index contributed by atoms with van der Waals surface area (Å²) in [6.45, 7) is 0.942. The van der Waals surface area contributed by atoms with Crippen molar-refractivity contribution in [2.45, 2.75) is 24.8 Å². The molecule has 0 atom stereocenters. The molecular weight excluding hydrogens is 583 g/mol. The zero-order valence-corrected chi connectivity index (χ0v) is 22.3. The fourth-order valence-electron chi connectivity index (χ4n) is 4.34. The summed E-state index contributed by atoms with van der Waals surface area (Å²) >= 11 is 3.47. The minimum Gasteiger partial charge on any atom is -0.741 e. The van der Waals surface area contributed by atoms with Crippen LogP contribution in [0.25, 0.3) is 22.2 Å². The predicted molar refractivity (Wildman–Crippen MR) is 130 cm³/mol. The fraction of sp³-hybridized carbons (Fsp3) is 0.375. The van der Waals surface area contributed by atoms with E-state index >= 15 is 0 Å². The first-order valence-electron chi connectivity index (χ1n) is 11.1. The molecule has 1 aliphatic heterocycles. The number of alkyl halides is 4. The van der Waals surface area contributed by atoms with Gasteiger partial charge in [-0.1, -0.05) is 15.9 Å². The maximum absolute atomic E-state index is 10.7. The fourth-order valence-corrected chi connectivity index (χ4v) is 4.57. The lowest BCUT2D eigenvalue weighted by atomic mass is 9.87. The van der Waals surface area contributed by atoms with E-state index < -0.39 is 15.6 Å². The molecule has 2 aromatic carbocycles. The van der Waals surface area contributed by atoms with Crippen LogP contribution in [0.5, 0.6) is 23.0 Å². The van der Waals surface area contributed by atoms with Crippen molar-refractivity contribution in [2.24, 2.45) is 7.05 Å². The van der Waals surface area contributed by atoms with Crippen molar-refractivity contribution < 1.29 is 49.7 Å². The molecule has 8 nitrogen and oxygen atoms in total. The first-order valence-corrected chi connectivity index (χ1v) is 13.7. The van der Waals surface area contributed by atoms with E-state index in [2.05, 4.69) is 51.8 Å². The van der Waals surface area contributed by atoms with Gasteiger partial charge in [-0.2, -0.15) is 17.7 Å². The van der Waals surface area contributed by atoms with Crippen molar-refractivity contribution in [1.82, 2.24) is 0 Å². The molecule has 1 aliphatic carbocycles. The van der Waals surface area contributed by atoms with Crippen LogP contribution in [-0.4, -0.2) is 44.3 Å². The number of benzene rings is 2. The molecule has 5 rings (SSSR count). The summed E-state index contributed by atoms with van der Waals surface area (Å²) in [6.07, 6.45) is 2.90. The Labute approximate surface area is 219 Å². The van der Waals surface area contributed by atoms with Crippen LogP contribution in [0.2, 0.25) is 0 Å². The largest absolute Gasteiger partial charge is 0.741 e. The molecule has 0 fully saturated rings. The second kappa shape index (κ2) is 10.5. The van der Waals surface area contributed by atoms with E-state index in [1.807, 2.05) is 6.07 Å². The van der Waals surface area contributed by atoms with E-state index in [0.717, 1.165) is 58.5 Å². The third kappa shape index (κ3) is 5.43. The molecular formula is C24H23BrF3NO7S. The standard InChI is InChI=1S/C23H23BrNO4.CHF3O3S/c1-25-18-6-7-19(26-2)23(27-9-3-8-24)17(18)10-15-5-4-14-11-20-21(29-13-28-20)12-16(14)22(15)25;2-1(3,4)8(5,6)7/h6-7,10-12H,3-5,8-9,13H2,1-2H3;(H,5,6,7)/q+1;/p-1. The molecule has 0 bridgehead atoms. The molecule has 0 amide bonds. The number of ether oxygens (including phenoxy) is 4. The Balaban J connectivity index is 0.000000349. The van der Waals surface area contributed by atoms with Gasteiger partial charge in [0.2, 0.25) is 18.0 Å². The van der Waals surface area contributed by atoms with E-state index in [9.17, 15) is 13.2 Å². The lowest BCUT2D eigenvalue weighted by Crippen LogP contribution is -2.35. The van der Waals surface area contributed by atoms with Crippen molar-refractivity contribution in [2.75, 3.05) is 25.8 Å². The molecule has 13 heteroatoms. The van der Waals surface area contributed by atoms with Gasteiger partial charge < -0.3 is 23.5 Å². The average Bonchev–Trinajstić information content (AvgIpc) is 3.29. The van der Waals surface area contributed by atoms with Crippen LogP contribution in [0.15, 0.2) is 30.3 Å². The number of halogens is 4. The van der Waals surface area contributed by atoms with Gasteiger partial charge in [-0.05, 0) is 49.1 Å². The number of methoxy groups -OCH3 is 1. The topological polar surface area (TPSA) is 98.0 Å². The number of pyridine rings is 1. The van der Waals surface area contributed by atoms with Gasteiger partial charge in [0.1, 0.15) is 7.05 Å². The Morgan fingerprint density at radius 2 is 1.76 bits per heavy atom. The summed E-state index contributed by atoms with van der Waals surface area (Å²) in [6, 6.07) is 10.6. The quantitative estimate of drug-likeness (QED) is 0.140. The molecule has 2 aliphatic rings. The summed E-state index contributed by atoms with van der Waals surface area (Å²) in [5, 5.41) is 2.00. The zero-order valence-electron chi connectivity index (χ0n) is 19.9. The maximum atomic E-state index is 10.7. The van der Waals surface area contributed by atoms with Crippen molar-refractivity contribution >= 4 is 37.0 Å². The molecule has 0 saturated carbocycles. The highest BCUT2D eigenvalue weighted by Crippen LogP contribution is 2.43. The molecule has 0 N–H and O–H groups in total. The molecule has 2 heterocycles. The van der Waals surface area contributed by atoms with Gasteiger partial charge in [0, 0.05) is 17.0 Å². The van der Waals surface area contributed by atoms with Crippen molar-refractivity contribution in [1.29, 1.82) is 0 Å². The Morgan fingerprint density at radius 3 is 2.38 bits per heavy atom. The van der Waals surface area contributed by atoms with Gasteiger partial charge in [0.25, 0.3) is 0 Å². The minimum atomic E-state index is -6.09. The Hall–Kier alpha value is -2.77. The third-order valence-electron chi connectivity index (χ3n) is 6.00. The zero-order chi connectivity index (χ0) is 27.0. The van der Waals surface area contributed by atoms with Gasteiger partial charge in [-0.3, -0.25) is 0 Å². The number of nitrogens with zero attached hydrogens (tertiary/aromatic N) is 1. The smallest absolute Gasteiger partial charge is 0.485 e. The van der Waals surface area contributed by atoms with Crippen LogP contribution in [0.4, 0.5) is 13.2 Å². The molecule has 200 valence electrons. The lowest BCUT2D eigenvalue weighted by Gasteiger charge is -2.20. The highest BCUT2D eigenvalue weighted by atomic mass is 79.9. The summed E-state index contributed by atoms with van der Waals surface area (Å²) in [5.41, 5.74) is 0.534. The number of aromatic nitrogens is 1. The minimum absolute atomic E-state index is 0.295. The highest BCUT2D eigenvalue weighted by molar-refractivity contribution is 9.09. The maximum Gasteiger partial charge on any atom is 0.485 e. The summed E-state index contributed by atoms with van der Waals surface area (Å²) in [7, 11) is -2.28. The number of rotatable bonds is 5. The first-order chi connectivity index (χ1) is 17.5. The molecule has 37 heavy (non-hydrogen) atoms. The predicted octanol–water partition coefficient (Wildman–Crippen LogP) is 4.38. The molecule has 0 unspecified atom stereocenters. The van der Waals surface area contributed by atoms with E-state index in [4.69, 9.17) is 31.9 Å². The number of aryl methyl sites for hydroxylation is 3. The van der Waals surface area contributed by atoms with Crippen LogP contribution in [0.3, 0.4) is 0 Å². The van der Waals surface area contributed by atoms with Crippen molar-refractivity contribution in [3.63, 3.8) is 0 Å². The highest BCUT2D eigenvalue weighted by Gasteiger charge is 2.37. The Morgan fingerprint density at radius 1 is 1.11 bits per heavy atom. The third-order valence-corrected chi connectivity index (χ3v) is 7.13. The monoisotopic (exact) mass is 605 g/mol. The number of hydrogen-bond donors (Lipinski definition) is 0. The van der Waals surface area contributed by atoms with E-state index in [1.54, 1.807) is 7.11 Å². The van der Waals surface area contributed by atoms with E-state index in [0.29, 0.717) is 13.4 Å². The molecule has 0 spiro atoms. The summed E-state index contributed by atoms with van der Waals surface area (Å²) in [5.74, 6) is 3.26. The second-order valence-corrected chi connectivity index (χ2v) is 10.4. The molecule has 0 radical (unpaired) electrons. The SMILES string of the molecule is COc1ccc2c(cc3c([n+]2C)-c2cc4c(cc2CC3)OCO4)c1OCCCBr.O=S(=O)([O-])C(F)(F)F. The Bertz CT molecular complexity index is 1440. The van der Waals surface area contributed by atoms with E-state index in [1.165, 1.54) is 22.4 Å². The van der Waals surface area contributed by atoms with Crippen molar-refractivity contribution in [3.8, 4) is 34.3 Å². The summed E-state index contributed by atoms with van der Waals surface area (Å²) in [4.78, 5) is 0. The van der Waals surface area contributed by atoms with Gasteiger partial charge >= 0.3 is 5.51 Å². The molecule has 1 aromatic heterocycles. The summed E-state index contributed by atoms with van der Waals surface area (Å²) < 4.78 is 84.1. The second-order valence-electron chi connectivity index (χ2n) is 8.26. The van der Waals surface area contributed by atoms with Crippen LogP contribution < -0.4 is 23.5 Å². The van der Waals surface area contributed by atoms with Gasteiger partial charge in [0.05, 0.1) is 24.7 Å². The Kier molecular flexibility index (Phi) is 7.77. The molecule has 0 saturated heterocycles. The van der Waals surface area contributed by atoms with Crippen molar-refractivity contribution in [3.05, 3.63) is 41.5 Å². The number of fused-ring (bicyclic) bond motifs is 5. The number of hydrogen-bond acceptors (Lipinski definition) is 7. The molecule has 3 aromatic rings. The lowest BCUT2D eigenvalue weighted by molar-refractivity contribution is -0.634. The van der Waals surface area contributed by atoms with Crippen LogP contribution in [0, 0.1) is 0 Å². The normalized spacial score (nSPS) is 13.9. The van der Waals surface area contributed by atoms with Gasteiger partial charge in [-0.15, -0.1) is 0 Å².